The highest BCUT2D eigenvalue weighted by Crippen LogP contribution is 2.26. The van der Waals surface area contributed by atoms with Crippen LogP contribution in [0.2, 0.25) is 0 Å². The summed E-state index contributed by atoms with van der Waals surface area (Å²) in [6.07, 6.45) is 5.01. The first kappa shape index (κ1) is 19.6. The number of aromatic nitrogens is 2. The molecule has 1 aromatic carbocycles. The Bertz CT molecular complexity index is 853. The Morgan fingerprint density at radius 1 is 1.24 bits per heavy atom. The van der Waals surface area contributed by atoms with Crippen molar-refractivity contribution < 1.29 is 9.53 Å². The van der Waals surface area contributed by atoms with Gasteiger partial charge in [0.15, 0.2) is 0 Å². The number of methoxy groups -OCH3 is 1. The third kappa shape index (κ3) is 4.50. The van der Waals surface area contributed by atoms with Crippen molar-refractivity contribution in [3.63, 3.8) is 0 Å². The van der Waals surface area contributed by atoms with Gasteiger partial charge in [0, 0.05) is 56.3 Å². The lowest BCUT2D eigenvalue weighted by Gasteiger charge is -2.25. The van der Waals surface area contributed by atoms with Gasteiger partial charge in [-0.1, -0.05) is 6.07 Å². The van der Waals surface area contributed by atoms with Gasteiger partial charge in [-0.05, 0) is 44.4 Å². The largest absolute Gasteiger partial charge is 0.380 e. The van der Waals surface area contributed by atoms with E-state index < -0.39 is 0 Å². The van der Waals surface area contributed by atoms with Crippen LogP contribution in [0.25, 0.3) is 0 Å². The summed E-state index contributed by atoms with van der Waals surface area (Å²) in [6.45, 7) is 5.41. The molecular formula is C22H29N5O2. The predicted octanol–water partition coefficient (Wildman–Crippen LogP) is 2.41. The van der Waals surface area contributed by atoms with Crippen molar-refractivity contribution in [2.75, 3.05) is 43.1 Å². The Hall–Kier alpha value is -2.67. The van der Waals surface area contributed by atoms with E-state index >= 15 is 0 Å². The van der Waals surface area contributed by atoms with Crippen LogP contribution in [0.5, 0.6) is 0 Å². The number of benzene rings is 1. The van der Waals surface area contributed by atoms with Gasteiger partial charge < -0.3 is 19.9 Å². The van der Waals surface area contributed by atoms with E-state index in [9.17, 15) is 4.79 Å². The number of aryl methyl sites for hydroxylation is 1. The van der Waals surface area contributed by atoms with Gasteiger partial charge in [-0.25, -0.2) is 9.97 Å². The predicted molar refractivity (Wildman–Crippen MR) is 114 cm³/mol. The van der Waals surface area contributed by atoms with Crippen LogP contribution in [-0.4, -0.2) is 61.3 Å². The summed E-state index contributed by atoms with van der Waals surface area (Å²) < 4.78 is 5.58. The molecule has 0 radical (unpaired) electrons. The number of amides is 1. The van der Waals surface area contributed by atoms with E-state index in [1.807, 2.05) is 31.2 Å². The van der Waals surface area contributed by atoms with E-state index in [2.05, 4.69) is 31.2 Å². The molecule has 0 spiro atoms. The zero-order chi connectivity index (χ0) is 20.2. The minimum absolute atomic E-state index is 0.0364. The molecule has 1 amide bonds. The fraction of sp³-hybridized carbons (Fsp3) is 0.500. The molecule has 7 nitrogen and oxygen atoms in total. The van der Waals surface area contributed by atoms with Crippen LogP contribution in [0.15, 0.2) is 36.7 Å². The lowest BCUT2D eigenvalue weighted by molar-refractivity contribution is 0.0946. The molecular weight excluding hydrogens is 366 g/mol. The number of hydrogen-bond donors (Lipinski definition) is 1. The van der Waals surface area contributed by atoms with Gasteiger partial charge in [0.05, 0.1) is 12.1 Å². The molecule has 1 N–H and O–H groups in total. The van der Waals surface area contributed by atoms with Gasteiger partial charge in [0.2, 0.25) is 0 Å². The number of hydrogen-bond acceptors (Lipinski definition) is 6. The van der Waals surface area contributed by atoms with Gasteiger partial charge in [-0.3, -0.25) is 4.79 Å². The second-order valence-electron chi connectivity index (χ2n) is 7.87. The van der Waals surface area contributed by atoms with Crippen molar-refractivity contribution in [1.82, 2.24) is 15.3 Å². The second kappa shape index (κ2) is 8.78. The first-order chi connectivity index (χ1) is 14.1. The first-order valence-electron chi connectivity index (χ1n) is 10.4. The van der Waals surface area contributed by atoms with Crippen LogP contribution in [0.1, 0.15) is 35.3 Å². The summed E-state index contributed by atoms with van der Waals surface area (Å²) in [4.78, 5) is 26.0. The van der Waals surface area contributed by atoms with Crippen molar-refractivity contribution >= 4 is 17.4 Å². The van der Waals surface area contributed by atoms with Crippen LogP contribution in [0, 0.1) is 6.92 Å². The number of rotatable bonds is 6. The summed E-state index contributed by atoms with van der Waals surface area (Å²) in [6, 6.07) is 10.1. The number of anilines is 2. The molecule has 2 atom stereocenters. The molecule has 7 heteroatoms. The molecule has 2 aliphatic rings. The molecule has 2 fully saturated rings. The van der Waals surface area contributed by atoms with Crippen molar-refractivity contribution in [2.45, 2.75) is 38.3 Å². The van der Waals surface area contributed by atoms with Crippen molar-refractivity contribution in [2.24, 2.45) is 0 Å². The topological polar surface area (TPSA) is 70.6 Å². The Morgan fingerprint density at radius 2 is 2.07 bits per heavy atom. The van der Waals surface area contributed by atoms with Crippen LogP contribution >= 0.6 is 0 Å². The summed E-state index contributed by atoms with van der Waals surface area (Å²) in [5.74, 6) is 0.845. The summed E-state index contributed by atoms with van der Waals surface area (Å²) in [5, 5.41) is 3.12. The molecule has 0 aliphatic carbocycles. The summed E-state index contributed by atoms with van der Waals surface area (Å²) in [5.41, 5.74) is 2.77. The fourth-order valence-electron chi connectivity index (χ4n) is 4.25. The summed E-state index contributed by atoms with van der Waals surface area (Å²) >= 11 is 0. The molecule has 2 aromatic rings. The number of nitrogens with one attached hydrogen (secondary N) is 1. The molecule has 154 valence electrons. The van der Waals surface area contributed by atoms with Gasteiger partial charge >= 0.3 is 0 Å². The second-order valence-corrected chi connectivity index (χ2v) is 7.87. The maximum absolute atomic E-state index is 12.8. The van der Waals surface area contributed by atoms with E-state index in [1.165, 1.54) is 12.8 Å². The zero-order valence-electron chi connectivity index (χ0n) is 17.2. The Labute approximate surface area is 172 Å². The molecule has 4 rings (SSSR count). The van der Waals surface area contributed by atoms with Gasteiger partial charge in [-0.15, -0.1) is 0 Å². The monoisotopic (exact) mass is 395 g/mol. The lowest BCUT2D eigenvalue weighted by atomic mass is 10.1. The average Bonchev–Trinajstić information content (AvgIpc) is 3.42. The normalized spacial score (nSPS) is 21.6. The van der Waals surface area contributed by atoms with E-state index in [4.69, 9.17) is 4.74 Å². The fourth-order valence-corrected chi connectivity index (χ4v) is 4.25. The van der Waals surface area contributed by atoms with Crippen molar-refractivity contribution in [3.05, 3.63) is 47.9 Å². The Balaban J connectivity index is 1.42. The van der Waals surface area contributed by atoms with Crippen molar-refractivity contribution in [1.29, 1.82) is 0 Å². The molecule has 0 unspecified atom stereocenters. The average molecular weight is 396 g/mol. The third-order valence-electron chi connectivity index (χ3n) is 5.87. The minimum Gasteiger partial charge on any atom is -0.380 e. The van der Waals surface area contributed by atoms with E-state index in [0.29, 0.717) is 12.1 Å². The quantitative estimate of drug-likeness (QED) is 0.810. The Kier molecular flexibility index (Phi) is 5.94. The van der Waals surface area contributed by atoms with E-state index in [-0.39, 0.29) is 18.1 Å². The lowest BCUT2D eigenvalue weighted by Crippen LogP contribution is -2.40. The molecule has 2 aliphatic heterocycles. The van der Waals surface area contributed by atoms with Gasteiger partial charge in [-0.2, -0.15) is 0 Å². The molecule has 2 saturated heterocycles. The van der Waals surface area contributed by atoms with E-state index in [1.54, 1.807) is 13.4 Å². The molecule has 1 aromatic heterocycles. The minimum atomic E-state index is -0.0364. The van der Waals surface area contributed by atoms with Crippen LogP contribution < -0.4 is 15.1 Å². The highest BCUT2D eigenvalue weighted by Gasteiger charge is 2.33. The maximum Gasteiger partial charge on any atom is 0.251 e. The molecule has 29 heavy (non-hydrogen) atoms. The maximum atomic E-state index is 12.8. The SMILES string of the molecule is CO[C@@H]1C[C@H](CNC(=O)c2cccc(N3CCCC3)c2)N(c2cc(C)ncn2)C1. The Morgan fingerprint density at radius 3 is 2.83 bits per heavy atom. The number of ether oxygens (including phenoxy) is 1. The summed E-state index contributed by atoms with van der Waals surface area (Å²) in [7, 11) is 1.74. The third-order valence-corrected chi connectivity index (χ3v) is 5.87. The molecule has 0 saturated carbocycles. The van der Waals surface area contributed by atoms with Crippen LogP contribution in [-0.2, 0) is 4.74 Å². The van der Waals surface area contributed by atoms with Crippen LogP contribution in [0.3, 0.4) is 0 Å². The van der Waals surface area contributed by atoms with Gasteiger partial charge in [0.25, 0.3) is 5.91 Å². The van der Waals surface area contributed by atoms with E-state index in [0.717, 1.165) is 43.3 Å². The highest BCUT2D eigenvalue weighted by molar-refractivity contribution is 5.95. The highest BCUT2D eigenvalue weighted by atomic mass is 16.5. The smallest absolute Gasteiger partial charge is 0.251 e. The molecule has 3 heterocycles. The van der Waals surface area contributed by atoms with Crippen LogP contribution in [0.4, 0.5) is 11.5 Å². The molecule has 0 bridgehead atoms. The van der Waals surface area contributed by atoms with Gasteiger partial charge in [0.1, 0.15) is 12.1 Å². The number of carbonyl (C=O) groups is 1. The standard InChI is InChI=1S/C22H29N5O2/c1-16-10-21(25-15-24-16)27-14-20(29-2)12-19(27)13-23-22(28)17-6-5-7-18(11-17)26-8-3-4-9-26/h5-7,10-11,15,19-20H,3-4,8-9,12-14H2,1-2H3,(H,23,28)/t19-,20-/m1/s1. The number of nitrogens with zero attached hydrogens (tertiary/aromatic N) is 4. The number of carbonyl (C=O) groups excluding carboxylic acids is 1. The van der Waals surface area contributed by atoms with Crippen molar-refractivity contribution in [3.8, 4) is 0 Å². The first-order valence-corrected chi connectivity index (χ1v) is 10.4. The zero-order valence-corrected chi connectivity index (χ0v) is 17.2.